The summed E-state index contributed by atoms with van der Waals surface area (Å²) in [5.41, 5.74) is 2.38. The quantitative estimate of drug-likeness (QED) is 0.570. The van der Waals surface area contributed by atoms with Gasteiger partial charge in [-0.25, -0.2) is 4.31 Å². The van der Waals surface area contributed by atoms with Gasteiger partial charge in [0.25, 0.3) is 0 Å². The van der Waals surface area contributed by atoms with E-state index >= 15 is 0 Å². The number of aryl methyl sites for hydroxylation is 2. The SMILES string of the molecule is Cc1ccc(C)c(N(CC(=O)N(Cc2ccccc2)[C@H](C)C(=O)NC(C)(C)C)S(=O)(=O)N(C)C)c1. The van der Waals surface area contributed by atoms with Gasteiger partial charge < -0.3 is 10.2 Å². The molecular weight excluding hydrogens is 464 g/mol. The highest BCUT2D eigenvalue weighted by Crippen LogP contribution is 2.26. The first-order chi connectivity index (χ1) is 16.1. The molecule has 0 radical (unpaired) electrons. The van der Waals surface area contributed by atoms with Gasteiger partial charge in [-0.2, -0.15) is 12.7 Å². The lowest BCUT2D eigenvalue weighted by Crippen LogP contribution is -2.55. The molecule has 0 saturated carbocycles. The standard InChI is InChI=1S/C26H38N4O4S/c1-19-14-15-20(2)23(16-19)30(35(33,34)28(7)8)18-24(31)29(17-22-12-10-9-11-13-22)21(3)25(32)27-26(4,5)6/h9-16,21H,17-18H2,1-8H3,(H,27,32)/t21-/m1/s1. The molecule has 0 aliphatic rings. The number of benzene rings is 2. The van der Waals surface area contributed by atoms with Gasteiger partial charge in [0.1, 0.15) is 12.6 Å². The Bertz CT molecular complexity index is 1140. The number of amides is 2. The van der Waals surface area contributed by atoms with Crippen LogP contribution in [0.15, 0.2) is 48.5 Å². The van der Waals surface area contributed by atoms with Gasteiger partial charge in [-0.3, -0.25) is 9.59 Å². The highest BCUT2D eigenvalue weighted by atomic mass is 32.2. The summed E-state index contributed by atoms with van der Waals surface area (Å²) in [6.45, 7) is 10.7. The van der Waals surface area contributed by atoms with Gasteiger partial charge in [0, 0.05) is 26.2 Å². The number of carbonyl (C=O) groups excluding carboxylic acids is 2. The van der Waals surface area contributed by atoms with E-state index in [1.165, 1.54) is 19.0 Å². The molecule has 2 aromatic carbocycles. The van der Waals surface area contributed by atoms with Crippen molar-refractivity contribution < 1.29 is 18.0 Å². The topological polar surface area (TPSA) is 90.0 Å². The van der Waals surface area contributed by atoms with Gasteiger partial charge in [-0.15, -0.1) is 0 Å². The third-order valence-corrected chi connectivity index (χ3v) is 7.32. The fourth-order valence-electron chi connectivity index (χ4n) is 3.53. The molecule has 0 fully saturated rings. The molecule has 35 heavy (non-hydrogen) atoms. The molecule has 8 nitrogen and oxygen atoms in total. The summed E-state index contributed by atoms with van der Waals surface area (Å²) in [5.74, 6) is -0.785. The average molecular weight is 503 g/mol. The van der Waals surface area contributed by atoms with E-state index in [4.69, 9.17) is 0 Å². The summed E-state index contributed by atoms with van der Waals surface area (Å²) in [4.78, 5) is 28.2. The number of nitrogens with one attached hydrogen (secondary N) is 1. The lowest BCUT2D eigenvalue weighted by molar-refractivity contribution is -0.140. The maximum atomic E-state index is 13.7. The summed E-state index contributed by atoms with van der Waals surface area (Å²) in [5, 5.41) is 2.92. The van der Waals surface area contributed by atoms with Crippen molar-refractivity contribution in [2.45, 2.75) is 59.7 Å². The van der Waals surface area contributed by atoms with Crippen molar-refractivity contribution in [3.8, 4) is 0 Å². The van der Waals surface area contributed by atoms with E-state index < -0.39 is 34.2 Å². The monoisotopic (exact) mass is 502 g/mol. The van der Waals surface area contributed by atoms with Crippen LogP contribution in [0.1, 0.15) is 44.4 Å². The molecule has 2 amide bonds. The van der Waals surface area contributed by atoms with Gasteiger partial charge >= 0.3 is 10.2 Å². The molecule has 0 aliphatic carbocycles. The first-order valence-corrected chi connectivity index (χ1v) is 13.0. The summed E-state index contributed by atoms with van der Waals surface area (Å²) >= 11 is 0. The summed E-state index contributed by atoms with van der Waals surface area (Å²) < 4.78 is 28.8. The molecule has 2 rings (SSSR count). The molecular formula is C26H38N4O4S. The van der Waals surface area contributed by atoms with Crippen molar-refractivity contribution in [1.82, 2.24) is 14.5 Å². The molecule has 0 heterocycles. The number of nitrogens with zero attached hydrogens (tertiary/aromatic N) is 3. The van der Waals surface area contributed by atoms with Crippen molar-refractivity contribution in [1.29, 1.82) is 0 Å². The Labute approximate surface area is 210 Å². The van der Waals surface area contributed by atoms with Gasteiger partial charge in [0.15, 0.2) is 0 Å². The number of hydrogen-bond donors (Lipinski definition) is 1. The van der Waals surface area contributed by atoms with Gasteiger partial charge in [0.05, 0.1) is 5.69 Å². The van der Waals surface area contributed by atoms with E-state index in [-0.39, 0.29) is 12.5 Å². The Morgan fingerprint density at radius 1 is 1.00 bits per heavy atom. The zero-order valence-corrected chi connectivity index (χ0v) is 22.8. The van der Waals surface area contributed by atoms with Crippen molar-refractivity contribution in [2.75, 3.05) is 24.9 Å². The van der Waals surface area contributed by atoms with E-state index in [2.05, 4.69) is 5.32 Å². The van der Waals surface area contributed by atoms with Crippen LogP contribution in [0.3, 0.4) is 0 Å². The van der Waals surface area contributed by atoms with Crippen LogP contribution < -0.4 is 9.62 Å². The molecule has 192 valence electrons. The summed E-state index contributed by atoms with van der Waals surface area (Å²) in [6.07, 6.45) is 0. The molecule has 0 aromatic heterocycles. The highest BCUT2D eigenvalue weighted by molar-refractivity contribution is 7.90. The second kappa shape index (κ2) is 11.2. The summed E-state index contributed by atoms with van der Waals surface area (Å²) in [6, 6.07) is 14.0. The predicted octanol–water partition coefficient (Wildman–Crippen LogP) is 3.25. The van der Waals surface area contributed by atoms with E-state index in [0.717, 1.165) is 25.3 Å². The Balaban J connectivity index is 2.50. The molecule has 0 saturated heterocycles. The van der Waals surface area contributed by atoms with Gasteiger partial charge in [-0.1, -0.05) is 42.5 Å². The van der Waals surface area contributed by atoms with Crippen LogP contribution in [0.2, 0.25) is 0 Å². The minimum atomic E-state index is -3.99. The minimum Gasteiger partial charge on any atom is -0.350 e. The fraction of sp³-hybridized carbons (Fsp3) is 0.462. The zero-order chi connectivity index (χ0) is 26.6. The second-order valence-electron chi connectivity index (χ2n) is 10.0. The highest BCUT2D eigenvalue weighted by Gasteiger charge is 2.34. The second-order valence-corrected chi connectivity index (χ2v) is 12.1. The zero-order valence-electron chi connectivity index (χ0n) is 22.0. The maximum absolute atomic E-state index is 13.7. The van der Waals surface area contributed by atoms with E-state index in [0.29, 0.717) is 5.69 Å². The van der Waals surface area contributed by atoms with Gasteiger partial charge in [0.2, 0.25) is 11.8 Å². The van der Waals surface area contributed by atoms with E-state index in [9.17, 15) is 18.0 Å². The average Bonchev–Trinajstić information content (AvgIpc) is 2.76. The Morgan fingerprint density at radius 3 is 2.14 bits per heavy atom. The first-order valence-electron chi connectivity index (χ1n) is 11.6. The molecule has 9 heteroatoms. The van der Waals surface area contributed by atoms with Crippen LogP contribution in [0.4, 0.5) is 5.69 Å². The number of rotatable bonds is 9. The van der Waals surface area contributed by atoms with E-state index in [1.807, 2.05) is 70.2 Å². The molecule has 0 unspecified atom stereocenters. The third kappa shape index (κ3) is 7.53. The normalized spacial score (nSPS) is 12.8. The van der Waals surface area contributed by atoms with Crippen molar-refractivity contribution in [2.24, 2.45) is 0 Å². The van der Waals surface area contributed by atoms with Crippen LogP contribution in [0.25, 0.3) is 0 Å². The number of hydrogen-bond acceptors (Lipinski definition) is 4. The van der Waals surface area contributed by atoms with Crippen LogP contribution in [-0.4, -0.2) is 61.7 Å². The lowest BCUT2D eigenvalue weighted by Gasteiger charge is -2.34. The van der Waals surface area contributed by atoms with Crippen LogP contribution in [-0.2, 0) is 26.3 Å². The van der Waals surface area contributed by atoms with Gasteiger partial charge in [-0.05, 0) is 64.3 Å². The minimum absolute atomic E-state index is 0.168. The maximum Gasteiger partial charge on any atom is 0.304 e. The molecule has 2 aromatic rings. The van der Waals surface area contributed by atoms with Crippen molar-refractivity contribution >= 4 is 27.7 Å². The summed E-state index contributed by atoms with van der Waals surface area (Å²) in [7, 11) is -1.13. The number of anilines is 1. The molecule has 1 N–H and O–H groups in total. The van der Waals surface area contributed by atoms with Crippen LogP contribution in [0.5, 0.6) is 0 Å². The Kier molecular flexibility index (Phi) is 9.08. The molecule has 0 aliphatic heterocycles. The van der Waals surface area contributed by atoms with Crippen molar-refractivity contribution in [3.63, 3.8) is 0 Å². The predicted molar refractivity (Wildman–Crippen MR) is 140 cm³/mol. The number of carbonyl (C=O) groups is 2. The smallest absolute Gasteiger partial charge is 0.304 e. The molecule has 0 bridgehead atoms. The first kappa shape index (κ1) is 28.3. The Morgan fingerprint density at radius 2 is 1.60 bits per heavy atom. The third-order valence-electron chi connectivity index (χ3n) is 5.51. The van der Waals surface area contributed by atoms with E-state index in [1.54, 1.807) is 19.9 Å². The van der Waals surface area contributed by atoms with Crippen LogP contribution >= 0.6 is 0 Å². The Hall–Kier alpha value is -2.91. The van der Waals surface area contributed by atoms with Crippen LogP contribution in [0, 0.1) is 13.8 Å². The van der Waals surface area contributed by atoms with Crippen molar-refractivity contribution in [3.05, 3.63) is 65.2 Å². The fourth-order valence-corrected chi connectivity index (χ4v) is 4.64. The largest absolute Gasteiger partial charge is 0.350 e. The lowest BCUT2D eigenvalue weighted by atomic mass is 10.1. The molecule has 1 atom stereocenters. The molecule has 0 spiro atoms.